The predicted molar refractivity (Wildman–Crippen MR) is 76.2 cm³/mol. The van der Waals surface area contributed by atoms with Crippen molar-refractivity contribution in [2.45, 2.75) is 11.8 Å². The fourth-order valence-corrected chi connectivity index (χ4v) is 3.31. The van der Waals surface area contributed by atoms with Gasteiger partial charge in [0.2, 0.25) is 10.0 Å². The summed E-state index contributed by atoms with van der Waals surface area (Å²) in [5, 5.41) is 10.6. The summed E-state index contributed by atoms with van der Waals surface area (Å²) in [6.45, 7) is 1.70. The van der Waals surface area contributed by atoms with Gasteiger partial charge in [-0.3, -0.25) is 14.3 Å². The number of nitrogens with two attached hydrogens (primary N) is 1. The zero-order valence-corrected chi connectivity index (χ0v) is 12.4. The monoisotopic (exact) mass is 321 g/mol. The normalized spacial score (nSPS) is 13.1. The number of nitro groups is 1. The van der Waals surface area contributed by atoms with Gasteiger partial charge in [-0.2, -0.15) is 0 Å². The van der Waals surface area contributed by atoms with Gasteiger partial charge < -0.3 is 5.73 Å². The third-order valence-corrected chi connectivity index (χ3v) is 5.26. The highest BCUT2D eigenvalue weighted by atomic mass is 32.2. The van der Waals surface area contributed by atoms with E-state index >= 15 is 0 Å². The fraction of sp³-hybridized carbons (Fsp3) is 0.400. The van der Waals surface area contributed by atoms with E-state index in [2.05, 4.69) is 4.72 Å². The summed E-state index contributed by atoms with van der Waals surface area (Å²) in [7, 11) is -5.07. The van der Waals surface area contributed by atoms with Crippen LogP contribution in [0.3, 0.4) is 0 Å². The van der Waals surface area contributed by atoms with Crippen LogP contribution in [-0.2, 0) is 20.8 Å². The molecule has 1 unspecified atom stereocenters. The van der Waals surface area contributed by atoms with Crippen LogP contribution < -0.4 is 10.5 Å². The van der Waals surface area contributed by atoms with E-state index in [0.717, 1.165) is 18.2 Å². The topological polar surface area (TPSA) is 132 Å². The first-order chi connectivity index (χ1) is 9.27. The van der Waals surface area contributed by atoms with Crippen molar-refractivity contribution in [1.29, 1.82) is 0 Å². The summed E-state index contributed by atoms with van der Waals surface area (Å²) in [4.78, 5) is 9.59. The summed E-state index contributed by atoms with van der Waals surface area (Å²) < 4.78 is 37.4. The molecule has 0 spiro atoms. The first-order valence-corrected chi connectivity index (χ1v) is 8.63. The molecule has 0 aliphatic heterocycles. The van der Waals surface area contributed by atoms with Gasteiger partial charge in [-0.15, -0.1) is 0 Å². The maximum absolute atomic E-state index is 12.0. The molecule has 10 heteroatoms. The Kier molecular flexibility index (Phi) is 5.60. The Balaban J connectivity index is 2.94. The van der Waals surface area contributed by atoms with Crippen LogP contribution in [0.25, 0.3) is 0 Å². The number of hydrogen-bond donors (Lipinski definition) is 2. The molecule has 0 heterocycles. The highest BCUT2D eigenvalue weighted by molar-refractivity contribution is 7.89. The van der Waals surface area contributed by atoms with Crippen LogP contribution in [0.15, 0.2) is 23.1 Å². The molecule has 0 fully saturated rings. The van der Waals surface area contributed by atoms with E-state index in [1.807, 2.05) is 0 Å². The second-order valence-electron chi connectivity index (χ2n) is 3.81. The molecule has 0 aliphatic carbocycles. The second kappa shape index (κ2) is 6.77. The van der Waals surface area contributed by atoms with Crippen molar-refractivity contribution in [3.63, 3.8) is 0 Å². The Hall–Kier alpha value is -1.52. The number of nitrogens with zero attached hydrogens (tertiary/aromatic N) is 1. The zero-order chi connectivity index (χ0) is 15.3. The van der Waals surface area contributed by atoms with Crippen LogP contribution in [0.2, 0.25) is 0 Å². The molecule has 0 aliphatic rings. The predicted octanol–water partition coefficient (Wildman–Crippen LogP) is 0.224. The zero-order valence-electron chi connectivity index (χ0n) is 10.7. The molecular weight excluding hydrogens is 306 g/mol. The first kappa shape index (κ1) is 16.5. The van der Waals surface area contributed by atoms with E-state index in [9.17, 15) is 22.7 Å². The van der Waals surface area contributed by atoms with E-state index in [4.69, 9.17) is 5.73 Å². The number of nitro benzene ring substituents is 1. The van der Waals surface area contributed by atoms with Gasteiger partial charge in [-0.25, -0.2) is 13.1 Å². The number of nitrogen functional groups attached to an aromatic ring is 1. The minimum Gasteiger partial charge on any atom is -0.398 e. The van der Waals surface area contributed by atoms with Crippen molar-refractivity contribution in [2.75, 3.05) is 23.8 Å². The van der Waals surface area contributed by atoms with Gasteiger partial charge in [-0.05, 0) is 6.07 Å². The van der Waals surface area contributed by atoms with Crippen LogP contribution >= 0.6 is 0 Å². The van der Waals surface area contributed by atoms with Gasteiger partial charge in [0.15, 0.2) is 0 Å². The molecule has 0 aromatic heterocycles. The van der Waals surface area contributed by atoms with Gasteiger partial charge in [0.25, 0.3) is 5.69 Å². The van der Waals surface area contributed by atoms with Gasteiger partial charge >= 0.3 is 0 Å². The average molecular weight is 321 g/mol. The lowest BCUT2D eigenvalue weighted by atomic mass is 10.3. The highest BCUT2D eigenvalue weighted by Crippen LogP contribution is 2.23. The first-order valence-electron chi connectivity index (χ1n) is 5.66. The molecule has 1 rings (SSSR count). The van der Waals surface area contributed by atoms with Crippen molar-refractivity contribution >= 4 is 32.2 Å². The number of benzene rings is 1. The lowest BCUT2D eigenvalue weighted by Gasteiger charge is -2.08. The Morgan fingerprint density at radius 2 is 2.10 bits per heavy atom. The lowest BCUT2D eigenvalue weighted by Crippen LogP contribution is -2.28. The number of non-ortho nitro benzene ring substituents is 1. The molecule has 1 aromatic rings. The molecule has 0 bridgehead atoms. The van der Waals surface area contributed by atoms with E-state index in [1.54, 1.807) is 6.92 Å². The Labute approximate surface area is 119 Å². The summed E-state index contributed by atoms with van der Waals surface area (Å²) in [6, 6.07) is 3.19. The number of nitrogens with one attached hydrogen (secondary N) is 1. The minimum atomic E-state index is -3.96. The van der Waals surface area contributed by atoms with E-state index in [-0.39, 0.29) is 28.6 Å². The molecule has 1 atom stereocenters. The molecule has 1 aromatic carbocycles. The second-order valence-corrected chi connectivity index (χ2v) is 7.41. The van der Waals surface area contributed by atoms with Crippen LogP contribution in [0.5, 0.6) is 0 Å². The van der Waals surface area contributed by atoms with Crippen molar-refractivity contribution in [2.24, 2.45) is 0 Å². The SMILES string of the molecule is CCS(=O)CCNS(=O)(=O)c1cc([N+](=O)[O-])ccc1N. The summed E-state index contributed by atoms with van der Waals surface area (Å²) in [5.41, 5.74) is 5.08. The van der Waals surface area contributed by atoms with Crippen molar-refractivity contribution in [1.82, 2.24) is 4.72 Å². The molecule has 0 saturated heterocycles. The molecule has 20 heavy (non-hydrogen) atoms. The van der Waals surface area contributed by atoms with Crippen LogP contribution in [-0.4, -0.2) is 35.6 Å². The van der Waals surface area contributed by atoms with E-state index < -0.39 is 25.7 Å². The lowest BCUT2D eigenvalue weighted by molar-refractivity contribution is -0.385. The standard InChI is InChI=1S/C10H15N3O5S2/c1-2-19(16)6-5-12-20(17,18)10-7-8(13(14)15)3-4-9(10)11/h3-4,7,12H,2,5-6,11H2,1H3. The van der Waals surface area contributed by atoms with Gasteiger partial charge in [-0.1, -0.05) is 6.92 Å². The molecule has 8 nitrogen and oxygen atoms in total. The fourth-order valence-electron chi connectivity index (χ4n) is 1.38. The molecule has 0 amide bonds. The third kappa shape index (κ3) is 4.25. The van der Waals surface area contributed by atoms with Crippen LogP contribution in [0.4, 0.5) is 11.4 Å². The van der Waals surface area contributed by atoms with Gasteiger partial charge in [0.1, 0.15) is 4.90 Å². The summed E-state index contributed by atoms with van der Waals surface area (Å²) in [6.07, 6.45) is 0. The van der Waals surface area contributed by atoms with E-state index in [1.165, 1.54) is 0 Å². The molecular formula is C10H15N3O5S2. The highest BCUT2D eigenvalue weighted by Gasteiger charge is 2.20. The van der Waals surface area contributed by atoms with Gasteiger partial charge in [0, 0.05) is 41.0 Å². The molecule has 112 valence electrons. The van der Waals surface area contributed by atoms with E-state index in [0.29, 0.717) is 5.75 Å². The van der Waals surface area contributed by atoms with Crippen molar-refractivity contribution in [3.8, 4) is 0 Å². The number of sulfonamides is 1. The third-order valence-electron chi connectivity index (χ3n) is 2.44. The quantitative estimate of drug-likeness (QED) is 0.419. The Morgan fingerprint density at radius 1 is 1.45 bits per heavy atom. The van der Waals surface area contributed by atoms with Crippen molar-refractivity contribution < 1.29 is 17.6 Å². The number of hydrogen-bond acceptors (Lipinski definition) is 6. The Morgan fingerprint density at radius 3 is 2.65 bits per heavy atom. The summed E-state index contributed by atoms with van der Waals surface area (Å²) in [5.74, 6) is 0.602. The molecule has 3 N–H and O–H groups in total. The maximum atomic E-state index is 12.0. The molecule has 0 radical (unpaired) electrons. The number of rotatable bonds is 7. The van der Waals surface area contributed by atoms with Crippen LogP contribution in [0, 0.1) is 10.1 Å². The Bertz CT molecular complexity index is 630. The average Bonchev–Trinajstić information content (AvgIpc) is 2.38. The van der Waals surface area contributed by atoms with Crippen LogP contribution in [0.1, 0.15) is 6.92 Å². The maximum Gasteiger partial charge on any atom is 0.270 e. The number of anilines is 1. The summed E-state index contributed by atoms with van der Waals surface area (Å²) >= 11 is 0. The minimum absolute atomic E-state index is 0.0229. The smallest absolute Gasteiger partial charge is 0.270 e. The molecule has 0 saturated carbocycles. The van der Waals surface area contributed by atoms with Crippen molar-refractivity contribution in [3.05, 3.63) is 28.3 Å². The largest absolute Gasteiger partial charge is 0.398 e. The van der Waals surface area contributed by atoms with Gasteiger partial charge in [0.05, 0.1) is 10.6 Å².